The van der Waals surface area contributed by atoms with Crippen molar-refractivity contribution in [1.29, 1.82) is 0 Å². The van der Waals surface area contributed by atoms with Gasteiger partial charge in [-0.05, 0) is 37.1 Å². The van der Waals surface area contributed by atoms with E-state index >= 15 is 0 Å². The van der Waals surface area contributed by atoms with Gasteiger partial charge in [-0.1, -0.05) is 47.5 Å². The SMILES string of the molecule is Cc1ccc(C2CC(CN)=NN2c2cccc(Cl)c2C)cc1. The van der Waals surface area contributed by atoms with E-state index in [-0.39, 0.29) is 6.04 Å². The Morgan fingerprint density at radius 1 is 1.18 bits per heavy atom. The molecule has 114 valence electrons. The molecule has 1 aliphatic rings. The Bertz CT molecular complexity index is 707. The lowest BCUT2D eigenvalue weighted by molar-refractivity contribution is 0.706. The average molecular weight is 314 g/mol. The van der Waals surface area contributed by atoms with Crippen molar-refractivity contribution in [1.82, 2.24) is 0 Å². The van der Waals surface area contributed by atoms with Gasteiger partial charge >= 0.3 is 0 Å². The van der Waals surface area contributed by atoms with E-state index in [1.165, 1.54) is 11.1 Å². The molecule has 0 bridgehead atoms. The summed E-state index contributed by atoms with van der Waals surface area (Å²) in [5.41, 5.74) is 11.4. The first-order chi connectivity index (χ1) is 10.6. The number of hydrogen-bond donors (Lipinski definition) is 1. The van der Waals surface area contributed by atoms with Gasteiger partial charge in [-0.3, -0.25) is 5.01 Å². The summed E-state index contributed by atoms with van der Waals surface area (Å²) < 4.78 is 0. The van der Waals surface area contributed by atoms with Gasteiger partial charge in [-0.15, -0.1) is 0 Å². The molecule has 2 aromatic rings. The molecule has 0 saturated heterocycles. The van der Waals surface area contributed by atoms with Crippen molar-refractivity contribution in [3.63, 3.8) is 0 Å². The third-order valence-electron chi connectivity index (χ3n) is 4.16. The maximum Gasteiger partial charge on any atom is 0.0828 e. The molecule has 2 aromatic carbocycles. The van der Waals surface area contributed by atoms with Crippen LogP contribution in [-0.4, -0.2) is 12.3 Å². The summed E-state index contributed by atoms with van der Waals surface area (Å²) in [4.78, 5) is 0. The highest BCUT2D eigenvalue weighted by atomic mass is 35.5. The van der Waals surface area contributed by atoms with Crippen LogP contribution in [0, 0.1) is 13.8 Å². The Morgan fingerprint density at radius 3 is 2.59 bits per heavy atom. The van der Waals surface area contributed by atoms with Crippen molar-refractivity contribution in [3.05, 3.63) is 64.2 Å². The summed E-state index contributed by atoms with van der Waals surface area (Å²) in [6.07, 6.45) is 0.853. The average Bonchev–Trinajstić information content (AvgIpc) is 2.95. The molecule has 0 fully saturated rings. The summed E-state index contributed by atoms with van der Waals surface area (Å²) in [6, 6.07) is 14.7. The van der Waals surface area contributed by atoms with E-state index in [2.05, 4.69) is 42.3 Å². The van der Waals surface area contributed by atoms with Crippen molar-refractivity contribution in [2.75, 3.05) is 11.6 Å². The molecular weight excluding hydrogens is 294 g/mol. The minimum absolute atomic E-state index is 0.177. The van der Waals surface area contributed by atoms with E-state index in [9.17, 15) is 0 Å². The zero-order chi connectivity index (χ0) is 15.7. The summed E-state index contributed by atoms with van der Waals surface area (Å²) in [5.74, 6) is 0. The fraction of sp³-hybridized carbons (Fsp3) is 0.278. The Kier molecular flexibility index (Phi) is 4.19. The second-order valence-electron chi connectivity index (χ2n) is 5.73. The fourth-order valence-electron chi connectivity index (χ4n) is 2.81. The monoisotopic (exact) mass is 313 g/mol. The molecule has 0 aromatic heterocycles. The number of rotatable bonds is 3. The van der Waals surface area contributed by atoms with E-state index < -0.39 is 0 Å². The number of nitrogens with two attached hydrogens (primary N) is 1. The minimum atomic E-state index is 0.177. The van der Waals surface area contributed by atoms with E-state index in [1.807, 2.05) is 19.1 Å². The standard InChI is InChI=1S/C18H20ClN3/c1-12-6-8-14(9-7-12)18-10-15(11-20)21-22(18)17-5-3-4-16(19)13(17)2/h3-9,18H,10-11,20H2,1-2H3. The minimum Gasteiger partial charge on any atom is -0.325 e. The zero-order valence-electron chi connectivity index (χ0n) is 12.9. The molecule has 0 aliphatic carbocycles. The molecule has 0 saturated carbocycles. The highest BCUT2D eigenvalue weighted by molar-refractivity contribution is 6.31. The molecule has 22 heavy (non-hydrogen) atoms. The predicted molar refractivity (Wildman–Crippen MR) is 93.7 cm³/mol. The zero-order valence-corrected chi connectivity index (χ0v) is 13.6. The van der Waals surface area contributed by atoms with Crippen LogP contribution < -0.4 is 10.7 Å². The van der Waals surface area contributed by atoms with Gasteiger partial charge in [-0.2, -0.15) is 5.10 Å². The van der Waals surface area contributed by atoms with Crippen LogP contribution in [-0.2, 0) is 0 Å². The highest BCUT2D eigenvalue weighted by Gasteiger charge is 2.29. The van der Waals surface area contributed by atoms with Crippen molar-refractivity contribution in [2.45, 2.75) is 26.3 Å². The smallest absolute Gasteiger partial charge is 0.0828 e. The summed E-state index contributed by atoms with van der Waals surface area (Å²) >= 11 is 6.28. The Balaban J connectivity index is 2.03. The van der Waals surface area contributed by atoms with E-state index in [0.29, 0.717) is 6.54 Å². The van der Waals surface area contributed by atoms with Crippen molar-refractivity contribution in [3.8, 4) is 0 Å². The van der Waals surface area contributed by atoms with Crippen LogP contribution in [0.2, 0.25) is 5.02 Å². The van der Waals surface area contributed by atoms with E-state index in [4.69, 9.17) is 22.4 Å². The van der Waals surface area contributed by atoms with Crippen LogP contribution in [0.3, 0.4) is 0 Å². The van der Waals surface area contributed by atoms with Crippen LogP contribution >= 0.6 is 11.6 Å². The van der Waals surface area contributed by atoms with E-state index in [1.54, 1.807) is 0 Å². The van der Waals surface area contributed by atoms with Crippen LogP contribution in [0.5, 0.6) is 0 Å². The Labute approximate surface area is 136 Å². The molecule has 1 unspecified atom stereocenters. The summed E-state index contributed by atoms with van der Waals surface area (Å²) in [7, 11) is 0. The third kappa shape index (κ3) is 2.74. The molecule has 0 spiro atoms. The lowest BCUT2D eigenvalue weighted by Gasteiger charge is -2.26. The molecule has 4 heteroatoms. The number of hydrogen-bond acceptors (Lipinski definition) is 3. The van der Waals surface area contributed by atoms with E-state index in [0.717, 1.165) is 28.4 Å². The van der Waals surface area contributed by atoms with Gasteiger partial charge in [0.1, 0.15) is 0 Å². The van der Waals surface area contributed by atoms with Crippen LogP contribution in [0.4, 0.5) is 5.69 Å². The molecule has 0 radical (unpaired) electrons. The molecule has 3 rings (SSSR count). The first-order valence-electron chi connectivity index (χ1n) is 7.47. The maximum absolute atomic E-state index is 6.28. The van der Waals surface area contributed by atoms with Crippen molar-refractivity contribution in [2.24, 2.45) is 10.8 Å². The quantitative estimate of drug-likeness (QED) is 0.921. The Morgan fingerprint density at radius 2 is 1.91 bits per heavy atom. The van der Waals surface area contributed by atoms with Gasteiger partial charge < -0.3 is 5.73 Å². The van der Waals surface area contributed by atoms with Gasteiger partial charge in [0.2, 0.25) is 0 Å². The molecule has 1 heterocycles. The second kappa shape index (κ2) is 6.11. The van der Waals surface area contributed by atoms with Crippen molar-refractivity contribution < 1.29 is 0 Å². The van der Waals surface area contributed by atoms with Crippen LogP contribution in [0.1, 0.15) is 29.2 Å². The number of anilines is 1. The molecular formula is C18H20ClN3. The molecule has 2 N–H and O–H groups in total. The molecule has 1 aliphatic heterocycles. The molecule has 3 nitrogen and oxygen atoms in total. The van der Waals surface area contributed by atoms with Gasteiger partial charge in [0, 0.05) is 18.0 Å². The first kappa shape index (κ1) is 15.1. The largest absolute Gasteiger partial charge is 0.325 e. The highest BCUT2D eigenvalue weighted by Crippen LogP contribution is 2.38. The topological polar surface area (TPSA) is 41.6 Å². The number of benzene rings is 2. The summed E-state index contributed by atoms with van der Waals surface area (Å²) in [6.45, 7) is 4.61. The van der Waals surface area contributed by atoms with Gasteiger partial charge in [0.25, 0.3) is 0 Å². The molecule has 1 atom stereocenters. The van der Waals surface area contributed by atoms with Crippen molar-refractivity contribution >= 4 is 23.0 Å². The lowest BCUT2D eigenvalue weighted by Crippen LogP contribution is -2.19. The van der Waals surface area contributed by atoms with Crippen LogP contribution in [0.25, 0.3) is 0 Å². The van der Waals surface area contributed by atoms with Gasteiger partial charge in [-0.25, -0.2) is 0 Å². The first-order valence-corrected chi connectivity index (χ1v) is 7.85. The van der Waals surface area contributed by atoms with Crippen LogP contribution in [0.15, 0.2) is 47.6 Å². The normalized spacial score (nSPS) is 17.7. The predicted octanol–water partition coefficient (Wildman–Crippen LogP) is 4.22. The third-order valence-corrected chi connectivity index (χ3v) is 4.57. The maximum atomic E-state index is 6.28. The second-order valence-corrected chi connectivity index (χ2v) is 6.14. The molecule has 0 amide bonds. The number of halogens is 1. The van der Waals surface area contributed by atoms with Gasteiger partial charge in [0.05, 0.1) is 17.4 Å². The lowest BCUT2D eigenvalue weighted by atomic mass is 10.00. The Hall–Kier alpha value is -1.84. The summed E-state index contributed by atoms with van der Waals surface area (Å²) in [5, 5.41) is 7.55. The van der Waals surface area contributed by atoms with Gasteiger partial charge in [0.15, 0.2) is 0 Å². The number of hydrazone groups is 1. The fourth-order valence-corrected chi connectivity index (χ4v) is 2.98. The number of nitrogens with zero attached hydrogens (tertiary/aromatic N) is 2. The number of aryl methyl sites for hydroxylation is 1.